The summed E-state index contributed by atoms with van der Waals surface area (Å²) in [6, 6.07) is 5.13. The summed E-state index contributed by atoms with van der Waals surface area (Å²) in [7, 11) is 0. The topological polar surface area (TPSA) is 65.9 Å². The number of esters is 1. The summed E-state index contributed by atoms with van der Waals surface area (Å²) < 4.78 is 5.47. The van der Waals surface area contributed by atoms with Crippen LogP contribution in [0.1, 0.15) is 41.9 Å². The second kappa shape index (κ2) is 5.96. The third-order valence-electron chi connectivity index (χ3n) is 3.21. The van der Waals surface area contributed by atoms with E-state index in [9.17, 15) is 4.79 Å². The number of H-pyrrole nitrogens is 1. The fourth-order valence-corrected chi connectivity index (χ4v) is 3.03. The van der Waals surface area contributed by atoms with Crippen molar-refractivity contribution >= 4 is 17.7 Å². The summed E-state index contributed by atoms with van der Waals surface area (Å²) in [5.74, 6) is -0.358. The summed E-state index contributed by atoms with van der Waals surface area (Å²) >= 11 is 1.84. The number of aromatic nitrogens is 1. The van der Waals surface area contributed by atoms with Crippen molar-refractivity contribution in [3.8, 4) is 6.07 Å². The van der Waals surface area contributed by atoms with Gasteiger partial charge < -0.3 is 9.72 Å². The summed E-state index contributed by atoms with van der Waals surface area (Å²) in [5, 5.41) is 9.28. The van der Waals surface area contributed by atoms with Crippen LogP contribution in [0.25, 0.3) is 0 Å². The van der Waals surface area contributed by atoms with Crippen molar-refractivity contribution in [3.63, 3.8) is 0 Å². The van der Waals surface area contributed by atoms with Crippen LogP contribution >= 0.6 is 11.8 Å². The number of carbonyl (C=O) groups excluding carboxylic acids is 1. The molecule has 1 fully saturated rings. The monoisotopic (exact) mass is 264 g/mol. The van der Waals surface area contributed by atoms with Crippen molar-refractivity contribution in [2.24, 2.45) is 0 Å². The van der Waals surface area contributed by atoms with E-state index in [-0.39, 0.29) is 12.1 Å². The van der Waals surface area contributed by atoms with Crippen LogP contribution in [0, 0.1) is 11.3 Å². The molecule has 5 heteroatoms. The lowest BCUT2D eigenvalue weighted by molar-refractivity contribution is 0.0212. The molecule has 0 bridgehead atoms. The van der Waals surface area contributed by atoms with Gasteiger partial charge in [0, 0.05) is 5.25 Å². The average molecular weight is 264 g/mol. The largest absolute Gasteiger partial charge is 0.458 e. The molecule has 0 saturated heterocycles. The van der Waals surface area contributed by atoms with Gasteiger partial charge in [0.15, 0.2) is 0 Å². The van der Waals surface area contributed by atoms with E-state index in [1.54, 1.807) is 12.1 Å². The third-order valence-corrected chi connectivity index (χ3v) is 4.31. The highest BCUT2D eigenvalue weighted by atomic mass is 32.2. The molecule has 4 nitrogen and oxygen atoms in total. The number of nitriles is 1. The molecular formula is C13H16N2O2S. The van der Waals surface area contributed by atoms with Crippen LogP contribution in [0.5, 0.6) is 0 Å². The molecule has 2 atom stereocenters. The van der Waals surface area contributed by atoms with Crippen molar-refractivity contribution < 1.29 is 9.53 Å². The second-order valence-corrected chi connectivity index (χ2v) is 5.59. The highest BCUT2D eigenvalue weighted by Crippen LogP contribution is 2.29. The molecule has 1 saturated carbocycles. The van der Waals surface area contributed by atoms with Crippen LogP contribution in [-0.2, 0) is 4.74 Å². The SMILES string of the molecule is CSC1CCCC(OC(=O)c2ccc(C#N)[nH]2)C1. The van der Waals surface area contributed by atoms with Crippen molar-refractivity contribution in [1.82, 2.24) is 4.98 Å². The van der Waals surface area contributed by atoms with Gasteiger partial charge in [-0.1, -0.05) is 0 Å². The van der Waals surface area contributed by atoms with Crippen LogP contribution in [-0.4, -0.2) is 28.6 Å². The molecule has 18 heavy (non-hydrogen) atoms. The molecule has 0 amide bonds. The highest BCUT2D eigenvalue weighted by Gasteiger charge is 2.25. The van der Waals surface area contributed by atoms with E-state index in [1.165, 1.54) is 6.42 Å². The van der Waals surface area contributed by atoms with E-state index in [0.717, 1.165) is 19.3 Å². The number of nitrogens with zero attached hydrogens (tertiary/aromatic N) is 1. The Morgan fingerprint density at radius 2 is 2.39 bits per heavy atom. The zero-order valence-electron chi connectivity index (χ0n) is 10.3. The van der Waals surface area contributed by atoms with E-state index < -0.39 is 0 Å². The van der Waals surface area contributed by atoms with E-state index in [1.807, 2.05) is 17.8 Å². The number of nitrogens with one attached hydrogen (secondary N) is 1. The molecule has 96 valence electrons. The number of carbonyl (C=O) groups is 1. The van der Waals surface area contributed by atoms with Gasteiger partial charge in [-0.15, -0.1) is 0 Å². The van der Waals surface area contributed by atoms with Gasteiger partial charge >= 0.3 is 5.97 Å². The lowest BCUT2D eigenvalue weighted by Crippen LogP contribution is -2.26. The molecule has 0 spiro atoms. The molecule has 1 aromatic heterocycles. The molecule has 0 radical (unpaired) electrons. The fraction of sp³-hybridized carbons (Fsp3) is 0.538. The van der Waals surface area contributed by atoms with Gasteiger partial charge in [-0.2, -0.15) is 17.0 Å². The van der Waals surface area contributed by atoms with Crippen LogP contribution in [0.15, 0.2) is 12.1 Å². The smallest absolute Gasteiger partial charge is 0.355 e. The first-order valence-corrected chi connectivity index (χ1v) is 7.34. The summed E-state index contributed by atoms with van der Waals surface area (Å²) in [6.45, 7) is 0. The van der Waals surface area contributed by atoms with E-state index >= 15 is 0 Å². The highest BCUT2D eigenvalue weighted by molar-refractivity contribution is 7.99. The second-order valence-electron chi connectivity index (χ2n) is 4.45. The van der Waals surface area contributed by atoms with Gasteiger partial charge in [0.05, 0.1) is 0 Å². The zero-order chi connectivity index (χ0) is 13.0. The molecule has 1 N–H and O–H groups in total. The molecule has 1 heterocycles. The number of aromatic amines is 1. The first-order chi connectivity index (χ1) is 8.72. The van der Waals surface area contributed by atoms with Crippen LogP contribution < -0.4 is 0 Å². The predicted octanol–water partition coefficient (Wildman–Crippen LogP) is 2.72. The van der Waals surface area contributed by atoms with Crippen molar-refractivity contribution in [3.05, 3.63) is 23.5 Å². The maximum absolute atomic E-state index is 11.9. The first kappa shape index (κ1) is 13.0. The Balaban J connectivity index is 1.93. The maximum atomic E-state index is 11.9. The van der Waals surface area contributed by atoms with Crippen LogP contribution in [0.2, 0.25) is 0 Å². The van der Waals surface area contributed by atoms with Crippen molar-refractivity contribution in [1.29, 1.82) is 5.26 Å². The molecule has 1 aliphatic rings. The Labute approximate surface area is 111 Å². The van der Waals surface area contributed by atoms with Gasteiger partial charge in [0.1, 0.15) is 23.6 Å². The minimum Gasteiger partial charge on any atom is -0.458 e. The molecule has 1 aromatic rings. The molecule has 1 aliphatic carbocycles. The number of hydrogen-bond acceptors (Lipinski definition) is 4. The summed E-state index contributed by atoms with van der Waals surface area (Å²) in [5.41, 5.74) is 0.741. The summed E-state index contributed by atoms with van der Waals surface area (Å²) in [6.07, 6.45) is 6.29. The quantitative estimate of drug-likeness (QED) is 0.852. The predicted molar refractivity (Wildman–Crippen MR) is 70.5 cm³/mol. The van der Waals surface area contributed by atoms with Gasteiger partial charge in [0.25, 0.3) is 0 Å². The Bertz CT molecular complexity index is 464. The fourth-order valence-electron chi connectivity index (χ4n) is 2.22. The third kappa shape index (κ3) is 3.08. The molecule has 0 aromatic carbocycles. The average Bonchev–Trinajstić information content (AvgIpc) is 2.88. The number of thioether (sulfide) groups is 1. The lowest BCUT2D eigenvalue weighted by Gasteiger charge is -2.27. The Kier molecular flexibility index (Phi) is 4.32. The number of rotatable bonds is 3. The van der Waals surface area contributed by atoms with Gasteiger partial charge in [-0.3, -0.25) is 0 Å². The van der Waals surface area contributed by atoms with Crippen LogP contribution in [0.3, 0.4) is 0 Å². The molecule has 2 unspecified atom stereocenters. The van der Waals surface area contributed by atoms with Gasteiger partial charge in [0.2, 0.25) is 0 Å². The molecular weight excluding hydrogens is 248 g/mol. The van der Waals surface area contributed by atoms with Gasteiger partial charge in [-0.25, -0.2) is 4.79 Å². The standard InChI is InChI=1S/C13H16N2O2S/c1-18-11-4-2-3-10(7-11)17-13(16)12-6-5-9(8-14)15-12/h5-6,10-11,15H,2-4,7H2,1H3. The van der Waals surface area contributed by atoms with E-state index in [0.29, 0.717) is 16.6 Å². The normalized spacial score (nSPS) is 23.3. The van der Waals surface area contributed by atoms with E-state index in [2.05, 4.69) is 11.2 Å². The minimum absolute atomic E-state index is 0.0116. The van der Waals surface area contributed by atoms with Crippen molar-refractivity contribution in [2.45, 2.75) is 37.0 Å². The number of ether oxygens (including phenoxy) is 1. The molecule has 0 aliphatic heterocycles. The lowest BCUT2D eigenvalue weighted by atomic mass is 9.97. The zero-order valence-corrected chi connectivity index (χ0v) is 11.1. The minimum atomic E-state index is -0.358. The van der Waals surface area contributed by atoms with Gasteiger partial charge in [-0.05, 0) is 44.1 Å². The summed E-state index contributed by atoms with van der Waals surface area (Å²) in [4.78, 5) is 14.6. The van der Waals surface area contributed by atoms with E-state index in [4.69, 9.17) is 10.00 Å². The Morgan fingerprint density at radius 3 is 3.06 bits per heavy atom. The first-order valence-electron chi connectivity index (χ1n) is 6.06. The molecule has 2 rings (SSSR count). The maximum Gasteiger partial charge on any atom is 0.355 e. The number of hydrogen-bond donors (Lipinski definition) is 1. The Hall–Kier alpha value is -1.41. The van der Waals surface area contributed by atoms with Crippen molar-refractivity contribution in [2.75, 3.05) is 6.26 Å². The van der Waals surface area contributed by atoms with Crippen LogP contribution in [0.4, 0.5) is 0 Å². The Morgan fingerprint density at radius 1 is 1.56 bits per heavy atom.